The summed E-state index contributed by atoms with van der Waals surface area (Å²) in [5, 5.41) is 4.55. The third-order valence-corrected chi connectivity index (χ3v) is 3.18. The van der Waals surface area contributed by atoms with Crippen LogP contribution >= 0.6 is 39.1 Å². The molecule has 0 fully saturated rings. The van der Waals surface area contributed by atoms with Crippen molar-refractivity contribution in [3.8, 4) is 5.75 Å². The maximum absolute atomic E-state index is 11.5. The molecule has 21 heavy (non-hydrogen) atoms. The second-order valence-corrected chi connectivity index (χ2v) is 5.42. The Morgan fingerprint density at radius 3 is 2.86 bits per heavy atom. The van der Waals surface area contributed by atoms with Crippen LogP contribution in [0.2, 0.25) is 10.0 Å². The monoisotopic (exact) mass is 390 g/mol. The van der Waals surface area contributed by atoms with E-state index in [9.17, 15) is 4.79 Å². The predicted molar refractivity (Wildman–Crippen MR) is 84.1 cm³/mol. The van der Waals surface area contributed by atoms with E-state index in [0.29, 0.717) is 26.2 Å². The summed E-state index contributed by atoms with van der Waals surface area (Å²) >= 11 is 14.8. The van der Waals surface area contributed by atoms with Gasteiger partial charge < -0.3 is 9.15 Å². The van der Waals surface area contributed by atoms with Crippen LogP contribution in [0, 0.1) is 0 Å². The smallest absolute Gasteiger partial charge is 0.277 e. The normalized spacial score (nSPS) is 10.8. The molecule has 0 aliphatic rings. The van der Waals surface area contributed by atoms with E-state index in [2.05, 4.69) is 26.5 Å². The second-order valence-electron chi connectivity index (χ2n) is 3.80. The van der Waals surface area contributed by atoms with Crippen LogP contribution in [-0.2, 0) is 4.79 Å². The van der Waals surface area contributed by atoms with Gasteiger partial charge in [0.25, 0.3) is 5.91 Å². The highest BCUT2D eigenvalue weighted by atomic mass is 79.9. The van der Waals surface area contributed by atoms with Gasteiger partial charge in [-0.1, -0.05) is 23.2 Å². The molecular formula is C13H9BrCl2N2O3. The van der Waals surface area contributed by atoms with Gasteiger partial charge in [0.2, 0.25) is 0 Å². The zero-order valence-corrected chi connectivity index (χ0v) is 13.6. The van der Waals surface area contributed by atoms with Crippen LogP contribution in [0.1, 0.15) is 5.76 Å². The molecule has 1 N–H and O–H groups in total. The number of hydrogen-bond acceptors (Lipinski definition) is 4. The zero-order valence-electron chi connectivity index (χ0n) is 10.5. The summed E-state index contributed by atoms with van der Waals surface area (Å²) < 4.78 is 11.0. The topological polar surface area (TPSA) is 63.8 Å². The number of halogens is 3. The van der Waals surface area contributed by atoms with Crippen molar-refractivity contribution in [1.82, 2.24) is 5.43 Å². The largest absolute Gasteiger partial charge is 0.482 e. The Morgan fingerprint density at radius 2 is 2.19 bits per heavy atom. The Kier molecular flexibility index (Phi) is 5.67. The van der Waals surface area contributed by atoms with Gasteiger partial charge in [-0.25, -0.2) is 5.43 Å². The number of carbonyl (C=O) groups excluding carboxylic acids is 1. The van der Waals surface area contributed by atoms with Crippen molar-refractivity contribution in [2.75, 3.05) is 6.61 Å². The van der Waals surface area contributed by atoms with Crippen LogP contribution < -0.4 is 10.2 Å². The van der Waals surface area contributed by atoms with E-state index < -0.39 is 5.91 Å². The van der Waals surface area contributed by atoms with Gasteiger partial charge in [0.15, 0.2) is 11.3 Å². The number of nitrogens with zero attached hydrogens (tertiary/aromatic N) is 1. The molecule has 0 aliphatic carbocycles. The van der Waals surface area contributed by atoms with Gasteiger partial charge in [-0.2, -0.15) is 5.10 Å². The molecule has 0 radical (unpaired) electrons. The van der Waals surface area contributed by atoms with Crippen LogP contribution in [0.4, 0.5) is 0 Å². The van der Waals surface area contributed by atoms with Gasteiger partial charge >= 0.3 is 0 Å². The fourth-order valence-corrected chi connectivity index (χ4v) is 2.12. The zero-order chi connectivity index (χ0) is 15.2. The van der Waals surface area contributed by atoms with Gasteiger partial charge in [0.05, 0.1) is 11.2 Å². The van der Waals surface area contributed by atoms with Gasteiger partial charge in [-0.3, -0.25) is 4.79 Å². The lowest BCUT2D eigenvalue weighted by atomic mass is 10.3. The van der Waals surface area contributed by atoms with Crippen LogP contribution in [0.25, 0.3) is 0 Å². The van der Waals surface area contributed by atoms with E-state index in [1.165, 1.54) is 12.3 Å². The summed E-state index contributed by atoms with van der Waals surface area (Å²) in [5.41, 5.74) is 2.30. The standard InChI is InChI=1S/C13H9BrCl2N2O3/c14-12-4-2-9(21-12)6-17-18-13(19)7-20-11-3-1-8(15)5-10(11)16/h1-6H,7H2,(H,18,19)/b17-6-. The fourth-order valence-electron chi connectivity index (χ4n) is 1.33. The third-order valence-electron chi connectivity index (χ3n) is 2.23. The van der Waals surface area contributed by atoms with Crippen molar-refractivity contribution in [3.63, 3.8) is 0 Å². The van der Waals surface area contributed by atoms with Crippen molar-refractivity contribution in [2.24, 2.45) is 5.10 Å². The van der Waals surface area contributed by atoms with Gasteiger partial charge in [-0.05, 0) is 46.3 Å². The third kappa shape index (κ3) is 5.08. The first kappa shape index (κ1) is 15.9. The lowest BCUT2D eigenvalue weighted by Gasteiger charge is -2.06. The molecule has 0 unspecified atom stereocenters. The molecule has 1 aromatic carbocycles. The van der Waals surface area contributed by atoms with E-state index in [-0.39, 0.29) is 6.61 Å². The van der Waals surface area contributed by atoms with Crippen molar-refractivity contribution >= 4 is 51.3 Å². The minimum atomic E-state index is -0.428. The molecule has 1 heterocycles. The molecular weight excluding hydrogens is 383 g/mol. The molecule has 0 aliphatic heterocycles. The summed E-state index contributed by atoms with van der Waals surface area (Å²) in [6.45, 7) is -0.222. The molecule has 2 rings (SSSR count). The van der Waals surface area contributed by atoms with E-state index in [4.69, 9.17) is 32.4 Å². The maximum atomic E-state index is 11.5. The molecule has 110 valence electrons. The maximum Gasteiger partial charge on any atom is 0.277 e. The summed E-state index contributed by atoms with van der Waals surface area (Å²) in [5.74, 6) is 0.446. The highest BCUT2D eigenvalue weighted by molar-refractivity contribution is 9.10. The van der Waals surface area contributed by atoms with E-state index in [1.54, 1.807) is 24.3 Å². The molecule has 0 saturated heterocycles. The molecule has 0 saturated carbocycles. The minimum absolute atomic E-state index is 0.222. The van der Waals surface area contributed by atoms with Crippen LogP contribution in [-0.4, -0.2) is 18.7 Å². The second kappa shape index (κ2) is 7.49. The Labute approximate surface area is 139 Å². The number of hydrogen-bond donors (Lipinski definition) is 1. The van der Waals surface area contributed by atoms with Gasteiger partial charge in [-0.15, -0.1) is 0 Å². The Bertz CT molecular complexity index is 673. The molecule has 5 nitrogen and oxygen atoms in total. The van der Waals surface area contributed by atoms with Crippen molar-refractivity contribution in [1.29, 1.82) is 0 Å². The summed E-state index contributed by atoms with van der Waals surface area (Å²) in [7, 11) is 0. The molecule has 1 aromatic heterocycles. The quantitative estimate of drug-likeness (QED) is 0.621. The minimum Gasteiger partial charge on any atom is -0.482 e. The fraction of sp³-hybridized carbons (Fsp3) is 0.0769. The van der Waals surface area contributed by atoms with E-state index in [0.717, 1.165) is 0 Å². The Morgan fingerprint density at radius 1 is 1.38 bits per heavy atom. The number of hydrazone groups is 1. The summed E-state index contributed by atoms with van der Waals surface area (Å²) in [6.07, 6.45) is 1.37. The number of benzene rings is 1. The number of rotatable bonds is 5. The molecule has 0 bridgehead atoms. The predicted octanol–water partition coefficient (Wildman–Crippen LogP) is 3.88. The van der Waals surface area contributed by atoms with Crippen molar-refractivity contribution in [3.05, 3.63) is 50.8 Å². The lowest BCUT2D eigenvalue weighted by molar-refractivity contribution is -0.123. The Hall–Kier alpha value is -1.50. The SMILES string of the molecule is O=C(COc1ccc(Cl)cc1Cl)N/N=C\c1ccc(Br)o1. The number of furan rings is 1. The van der Waals surface area contributed by atoms with Crippen LogP contribution in [0.5, 0.6) is 5.75 Å². The van der Waals surface area contributed by atoms with Gasteiger partial charge in [0.1, 0.15) is 11.5 Å². The first-order valence-electron chi connectivity index (χ1n) is 5.69. The van der Waals surface area contributed by atoms with Gasteiger partial charge in [0, 0.05) is 5.02 Å². The number of carbonyl (C=O) groups is 1. The van der Waals surface area contributed by atoms with Crippen LogP contribution in [0.15, 0.2) is 44.5 Å². The van der Waals surface area contributed by atoms with Crippen molar-refractivity contribution < 1.29 is 13.9 Å². The summed E-state index contributed by atoms with van der Waals surface area (Å²) in [4.78, 5) is 11.5. The average molecular weight is 392 g/mol. The number of ether oxygens (including phenoxy) is 1. The Balaban J connectivity index is 1.81. The first-order chi connectivity index (χ1) is 10.0. The first-order valence-corrected chi connectivity index (χ1v) is 7.24. The van der Waals surface area contributed by atoms with E-state index in [1.807, 2.05) is 0 Å². The van der Waals surface area contributed by atoms with Crippen molar-refractivity contribution in [2.45, 2.75) is 0 Å². The summed E-state index contributed by atoms with van der Waals surface area (Å²) in [6, 6.07) is 8.15. The highest BCUT2D eigenvalue weighted by Gasteiger charge is 2.05. The molecule has 8 heteroatoms. The molecule has 0 atom stereocenters. The van der Waals surface area contributed by atoms with Crippen LogP contribution in [0.3, 0.4) is 0 Å². The highest BCUT2D eigenvalue weighted by Crippen LogP contribution is 2.27. The molecule has 2 aromatic rings. The van der Waals surface area contributed by atoms with E-state index >= 15 is 0 Å². The number of amides is 1. The average Bonchev–Trinajstić information content (AvgIpc) is 2.83. The molecule has 0 spiro atoms. The number of nitrogens with one attached hydrogen (secondary N) is 1. The molecule has 1 amide bonds. The lowest BCUT2D eigenvalue weighted by Crippen LogP contribution is -2.24.